The predicted molar refractivity (Wildman–Crippen MR) is 50.1 cm³/mol. The van der Waals surface area contributed by atoms with Gasteiger partial charge in [-0.3, -0.25) is 4.79 Å². The van der Waals surface area contributed by atoms with Gasteiger partial charge >= 0.3 is 0 Å². The van der Waals surface area contributed by atoms with Gasteiger partial charge in [-0.1, -0.05) is 13.8 Å². The number of Topliss-reactive ketones (excluding diaryl/α,β-unsaturated/α-hetero) is 1. The first-order valence-electron chi connectivity index (χ1n) is 4.93. The van der Waals surface area contributed by atoms with E-state index in [1.807, 2.05) is 0 Å². The largest absolute Gasteiger partial charge is 0.316 e. The molecule has 1 atom stereocenters. The van der Waals surface area contributed by atoms with Crippen LogP contribution in [0.25, 0.3) is 0 Å². The summed E-state index contributed by atoms with van der Waals surface area (Å²) in [4.78, 5) is 11.2. The Morgan fingerprint density at radius 2 is 2.33 bits per heavy atom. The first-order valence-corrected chi connectivity index (χ1v) is 4.93. The molecule has 1 unspecified atom stereocenters. The maximum absolute atomic E-state index is 11.2. The minimum Gasteiger partial charge on any atom is -0.316 e. The number of carbonyl (C=O) groups excluding carboxylic acids is 1. The van der Waals surface area contributed by atoms with Crippen molar-refractivity contribution < 1.29 is 4.79 Å². The second-order valence-corrected chi connectivity index (χ2v) is 4.11. The zero-order valence-corrected chi connectivity index (χ0v) is 8.10. The molecule has 0 aromatic rings. The Balaban J connectivity index is 2.10. The molecule has 0 aliphatic heterocycles. The maximum atomic E-state index is 11.2. The highest BCUT2D eigenvalue weighted by Crippen LogP contribution is 2.20. The van der Waals surface area contributed by atoms with Gasteiger partial charge < -0.3 is 5.32 Å². The first-order chi connectivity index (χ1) is 5.70. The number of ketones is 1. The van der Waals surface area contributed by atoms with E-state index >= 15 is 0 Å². The fraction of sp³-hybridized carbons (Fsp3) is 0.900. The number of hydrogen-bond donors (Lipinski definition) is 1. The maximum Gasteiger partial charge on any atom is 0.137 e. The van der Waals surface area contributed by atoms with Crippen LogP contribution in [0.3, 0.4) is 0 Å². The quantitative estimate of drug-likeness (QED) is 0.692. The highest BCUT2D eigenvalue weighted by Gasteiger charge is 2.23. The van der Waals surface area contributed by atoms with E-state index < -0.39 is 0 Å². The van der Waals surface area contributed by atoms with Crippen molar-refractivity contribution in [2.45, 2.75) is 33.1 Å². The Hall–Kier alpha value is -0.370. The Morgan fingerprint density at radius 3 is 2.83 bits per heavy atom. The standard InChI is InChI=1S/C10H19NO/c1-8(2)6-11-7-9-4-3-5-10(9)12/h8-9,11H,3-7H2,1-2H3. The molecule has 1 aliphatic rings. The lowest BCUT2D eigenvalue weighted by atomic mass is 10.1. The molecule has 12 heavy (non-hydrogen) atoms. The summed E-state index contributed by atoms with van der Waals surface area (Å²) < 4.78 is 0. The molecule has 1 aliphatic carbocycles. The highest BCUT2D eigenvalue weighted by atomic mass is 16.1. The molecule has 0 spiro atoms. The van der Waals surface area contributed by atoms with Crippen LogP contribution in [0.15, 0.2) is 0 Å². The van der Waals surface area contributed by atoms with Gasteiger partial charge in [-0.05, 0) is 25.3 Å². The third-order valence-corrected chi connectivity index (χ3v) is 2.37. The van der Waals surface area contributed by atoms with E-state index in [0.717, 1.165) is 32.4 Å². The lowest BCUT2D eigenvalue weighted by molar-refractivity contribution is -0.120. The summed E-state index contributed by atoms with van der Waals surface area (Å²) in [6.45, 7) is 6.30. The Morgan fingerprint density at radius 1 is 1.58 bits per heavy atom. The van der Waals surface area contributed by atoms with Crippen molar-refractivity contribution in [1.29, 1.82) is 0 Å². The second kappa shape index (κ2) is 4.61. The fourth-order valence-electron chi connectivity index (χ4n) is 1.65. The van der Waals surface area contributed by atoms with Gasteiger partial charge in [0.05, 0.1) is 0 Å². The molecule has 1 rings (SSSR count). The topological polar surface area (TPSA) is 29.1 Å². The summed E-state index contributed by atoms with van der Waals surface area (Å²) in [5.41, 5.74) is 0. The molecule has 1 saturated carbocycles. The van der Waals surface area contributed by atoms with E-state index in [9.17, 15) is 4.79 Å². The van der Waals surface area contributed by atoms with Crippen molar-refractivity contribution in [1.82, 2.24) is 5.32 Å². The molecular formula is C10H19NO. The first kappa shape index (κ1) is 9.72. The SMILES string of the molecule is CC(C)CNCC1CCCC1=O. The monoisotopic (exact) mass is 169 g/mol. The molecular weight excluding hydrogens is 150 g/mol. The van der Waals surface area contributed by atoms with Crippen LogP contribution in [0.1, 0.15) is 33.1 Å². The van der Waals surface area contributed by atoms with Crippen LogP contribution < -0.4 is 5.32 Å². The van der Waals surface area contributed by atoms with Crippen molar-refractivity contribution >= 4 is 5.78 Å². The summed E-state index contributed by atoms with van der Waals surface area (Å²) in [6.07, 6.45) is 3.02. The lowest BCUT2D eigenvalue weighted by Gasteiger charge is -2.10. The third-order valence-electron chi connectivity index (χ3n) is 2.37. The van der Waals surface area contributed by atoms with E-state index in [1.54, 1.807) is 0 Å². The van der Waals surface area contributed by atoms with E-state index in [-0.39, 0.29) is 0 Å². The summed E-state index contributed by atoms with van der Waals surface area (Å²) in [6, 6.07) is 0. The number of hydrogen-bond acceptors (Lipinski definition) is 2. The summed E-state index contributed by atoms with van der Waals surface area (Å²) in [5, 5.41) is 3.34. The Kier molecular flexibility index (Phi) is 3.73. The van der Waals surface area contributed by atoms with Gasteiger partial charge in [-0.15, -0.1) is 0 Å². The molecule has 2 heteroatoms. The number of rotatable bonds is 4. The van der Waals surface area contributed by atoms with E-state index in [4.69, 9.17) is 0 Å². The van der Waals surface area contributed by atoms with Crippen molar-refractivity contribution in [3.63, 3.8) is 0 Å². The molecule has 0 amide bonds. The van der Waals surface area contributed by atoms with E-state index in [1.165, 1.54) is 0 Å². The molecule has 0 aromatic carbocycles. The minimum absolute atomic E-state index is 0.323. The fourth-order valence-corrected chi connectivity index (χ4v) is 1.65. The molecule has 1 fully saturated rings. The Labute approximate surface area is 74.7 Å². The van der Waals surface area contributed by atoms with E-state index in [0.29, 0.717) is 17.6 Å². The van der Waals surface area contributed by atoms with Gasteiger partial charge in [0.2, 0.25) is 0 Å². The van der Waals surface area contributed by atoms with Gasteiger partial charge in [-0.25, -0.2) is 0 Å². The van der Waals surface area contributed by atoms with Crippen LogP contribution in [0.2, 0.25) is 0 Å². The van der Waals surface area contributed by atoms with Crippen molar-refractivity contribution in [2.24, 2.45) is 11.8 Å². The minimum atomic E-state index is 0.323. The van der Waals surface area contributed by atoms with Crippen LogP contribution in [-0.4, -0.2) is 18.9 Å². The molecule has 70 valence electrons. The van der Waals surface area contributed by atoms with Crippen LogP contribution in [0.5, 0.6) is 0 Å². The van der Waals surface area contributed by atoms with Crippen LogP contribution in [0, 0.1) is 11.8 Å². The van der Waals surface area contributed by atoms with Crippen LogP contribution in [-0.2, 0) is 4.79 Å². The van der Waals surface area contributed by atoms with E-state index in [2.05, 4.69) is 19.2 Å². The molecule has 0 heterocycles. The van der Waals surface area contributed by atoms with Crippen molar-refractivity contribution in [3.8, 4) is 0 Å². The van der Waals surface area contributed by atoms with Gasteiger partial charge in [0.15, 0.2) is 0 Å². The molecule has 0 saturated heterocycles. The molecule has 0 radical (unpaired) electrons. The Bertz CT molecular complexity index is 154. The summed E-state index contributed by atoms with van der Waals surface area (Å²) in [7, 11) is 0. The average molecular weight is 169 g/mol. The third kappa shape index (κ3) is 2.94. The average Bonchev–Trinajstić information content (AvgIpc) is 2.36. The molecule has 2 nitrogen and oxygen atoms in total. The number of nitrogens with one attached hydrogen (secondary N) is 1. The smallest absolute Gasteiger partial charge is 0.137 e. The van der Waals surface area contributed by atoms with Crippen molar-refractivity contribution in [2.75, 3.05) is 13.1 Å². The van der Waals surface area contributed by atoms with Gasteiger partial charge in [0.1, 0.15) is 5.78 Å². The number of carbonyl (C=O) groups is 1. The summed E-state index contributed by atoms with van der Waals surface area (Å²) in [5.74, 6) is 1.47. The normalized spacial score (nSPS) is 23.9. The highest BCUT2D eigenvalue weighted by molar-refractivity contribution is 5.83. The zero-order chi connectivity index (χ0) is 8.97. The molecule has 0 aromatic heterocycles. The van der Waals surface area contributed by atoms with Gasteiger partial charge in [0.25, 0.3) is 0 Å². The van der Waals surface area contributed by atoms with Crippen LogP contribution in [0.4, 0.5) is 0 Å². The second-order valence-electron chi connectivity index (χ2n) is 4.11. The van der Waals surface area contributed by atoms with Crippen LogP contribution >= 0.6 is 0 Å². The molecule has 1 N–H and O–H groups in total. The predicted octanol–water partition coefficient (Wildman–Crippen LogP) is 1.60. The zero-order valence-electron chi connectivity index (χ0n) is 8.10. The van der Waals surface area contributed by atoms with Gasteiger partial charge in [0, 0.05) is 18.9 Å². The molecule has 0 bridgehead atoms. The lowest BCUT2D eigenvalue weighted by Crippen LogP contribution is -2.28. The van der Waals surface area contributed by atoms with Gasteiger partial charge in [-0.2, -0.15) is 0 Å². The van der Waals surface area contributed by atoms with Crippen molar-refractivity contribution in [3.05, 3.63) is 0 Å². The summed E-state index contributed by atoms with van der Waals surface area (Å²) >= 11 is 0.